The third-order valence-electron chi connectivity index (χ3n) is 1.58. The van der Waals surface area contributed by atoms with Gasteiger partial charge in [0.1, 0.15) is 5.82 Å². The molecule has 2 N–H and O–H groups in total. The van der Waals surface area contributed by atoms with E-state index in [9.17, 15) is 0 Å². The number of nitrogens with one attached hydrogen (secondary N) is 2. The average Bonchev–Trinajstić information content (AvgIpc) is 2.54. The van der Waals surface area contributed by atoms with Crippen LogP contribution in [0, 0.1) is 6.92 Å². The van der Waals surface area contributed by atoms with Crippen molar-refractivity contribution in [3.8, 4) is 0 Å². The molecule has 0 bridgehead atoms. The number of halogens is 1. The molecule has 0 aliphatic heterocycles. The Kier molecular flexibility index (Phi) is 2.32. The SMILES string of the molecule is Cc1cc(Nc2cc[nH]n2)nc(Cl)n1. The van der Waals surface area contributed by atoms with Crippen molar-refractivity contribution in [2.24, 2.45) is 0 Å². The summed E-state index contributed by atoms with van der Waals surface area (Å²) in [6.07, 6.45) is 1.72. The Morgan fingerprint density at radius 3 is 2.86 bits per heavy atom. The summed E-state index contributed by atoms with van der Waals surface area (Å²) in [4.78, 5) is 7.95. The minimum absolute atomic E-state index is 0.225. The molecule has 0 aliphatic carbocycles. The van der Waals surface area contributed by atoms with Gasteiger partial charge in [-0.05, 0) is 18.5 Å². The second kappa shape index (κ2) is 3.63. The lowest BCUT2D eigenvalue weighted by Gasteiger charge is -2.02. The molecule has 72 valence electrons. The normalized spacial score (nSPS) is 10.1. The molecule has 0 amide bonds. The van der Waals surface area contributed by atoms with Crippen molar-refractivity contribution in [3.05, 3.63) is 29.3 Å². The highest BCUT2D eigenvalue weighted by molar-refractivity contribution is 6.28. The van der Waals surface area contributed by atoms with E-state index in [0.717, 1.165) is 5.69 Å². The van der Waals surface area contributed by atoms with Gasteiger partial charge in [0.25, 0.3) is 0 Å². The molecule has 2 rings (SSSR count). The standard InChI is InChI=1S/C8H8ClN5/c1-5-4-7(13-8(9)11-5)12-6-2-3-10-14-6/h2-4H,1H3,(H2,10,11,12,13,14). The molecular weight excluding hydrogens is 202 g/mol. The smallest absolute Gasteiger partial charge is 0.224 e. The van der Waals surface area contributed by atoms with Gasteiger partial charge >= 0.3 is 0 Å². The average molecular weight is 210 g/mol. The molecule has 2 aromatic heterocycles. The molecule has 0 aliphatic rings. The lowest BCUT2D eigenvalue weighted by Crippen LogP contribution is -1.96. The van der Waals surface area contributed by atoms with Crippen LogP contribution in [0.15, 0.2) is 18.3 Å². The lowest BCUT2D eigenvalue weighted by atomic mass is 10.4. The predicted octanol–water partition coefficient (Wildman–Crippen LogP) is 1.91. The fourth-order valence-electron chi connectivity index (χ4n) is 1.06. The Labute approximate surface area is 85.5 Å². The van der Waals surface area contributed by atoms with Gasteiger partial charge in [0.05, 0.1) is 0 Å². The van der Waals surface area contributed by atoms with E-state index in [1.807, 2.05) is 6.92 Å². The van der Waals surface area contributed by atoms with Gasteiger partial charge in [0.15, 0.2) is 5.82 Å². The first-order valence-electron chi connectivity index (χ1n) is 4.02. The summed E-state index contributed by atoms with van der Waals surface area (Å²) in [5, 5.41) is 9.83. The van der Waals surface area contributed by atoms with Gasteiger partial charge in [-0.15, -0.1) is 0 Å². The maximum atomic E-state index is 5.70. The van der Waals surface area contributed by atoms with Crippen LogP contribution in [-0.2, 0) is 0 Å². The van der Waals surface area contributed by atoms with Crippen LogP contribution >= 0.6 is 11.6 Å². The molecule has 0 atom stereocenters. The highest BCUT2D eigenvalue weighted by Gasteiger charge is 2.00. The summed E-state index contributed by atoms with van der Waals surface area (Å²) in [5.41, 5.74) is 0.808. The van der Waals surface area contributed by atoms with Crippen molar-refractivity contribution in [1.29, 1.82) is 0 Å². The van der Waals surface area contributed by atoms with Gasteiger partial charge in [-0.25, -0.2) is 9.97 Å². The fourth-order valence-corrected chi connectivity index (χ4v) is 1.28. The quantitative estimate of drug-likeness (QED) is 0.742. The minimum atomic E-state index is 0.225. The van der Waals surface area contributed by atoms with E-state index in [2.05, 4.69) is 25.5 Å². The van der Waals surface area contributed by atoms with E-state index in [4.69, 9.17) is 11.6 Å². The number of aryl methyl sites for hydroxylation is 1. The van der Waals surface area contributed by atoms with Crippen LogP contribution < -0.4 is 5.32 Å². The number of hydrogen-bond donors (Lipinski definition) is 2. The van der Waals surface area contributed by atoms with Crippen molar-refractivity contribution in [1.82, 2.24) is 20.2 Å². The van der Waals surface area contributed by atoms with Crippen LogP contribution in [0.25, 0.3) is 0 Å². The Bertz CT molecular complexity index is 405. The zero-order chi connectivity index (χ0) is 9.97. The van der Waals surface area contributed by atoms with E-state index in [0.29, 0.717) is 11.6 Å². The van der Waals surface area contributed by atoms with E-state index in [1.165, 1.54) is 0 Å². The Morgan fingerprint density at radius 2 is 2.21 bits per heavy atom. The van der Waals surface area contributed by atoms with Crippen LogP contribution in [0.2, 0.25) is 5.28 Å². The number of anilines is 2. The van der Waals surface area contributed by atoms with E-state index >= 15 is 0 Å². The third-order valence-corrected chi connectivity index (χ3v) is 1.75. The van der Waals surface area contributed by atoms with Crippen LogP contribution in [0.1, 0.15) is 5.69 Å². The minimum Gasteiger partial charge on any atom is -0.323 e. The van der Waals surface area contributed by atoms with Gasteiger partial charge in [-0.1, -0.05) is 0 Å². The number of nitrogens with zero attached hydrogens (tertiary/aromatic N) is 3. The Morgan fingerprint density at radius 1 is 1.36 bits per heavy atom. The van der Waals surface area contributed by atoms with Gasteiger partial charge in [0.2, 0.25) is 5.28 Å². The van der Waals surface area contributed by atoms with Gasteiger partial charge < -0.3 is 5.32 Å². The van der Waals surface area contributed by atoms with Crippen molar-refractivity contribution < 1.29 is 0 Å². The molecular formula is C8H8ClN5. The highest BCUT2D eigenvalue weighted by atomic mass is 35.5. The van der Waals surface area contributed by atoms with Crippen molar-refractivity contribution >= 4 is 23.2 Å². The molecule has 2 heterocycles. The van der Waals surface area contributed by atoms with Gasteiger partial charge in [-0.2, -0.15) is 5.10 Å². The van der Waals surface area contributed by atoms with Crippen LogP contribution in [0.4, 0.5) is 11.6 Å². The molecule has 14 heavy (non-hydrogen) atoms. The molecule has 0 aromatic carbocycles. The molecule has 0 radical (unpaired) electrons. The van der Waals surface area contributed by atoms with Crippen molar-refractivity contribution in [2.75, 3.05) is 5.32 Å². The third kappa shape index (κ3) is 2.00. The van der Waals surface area contributed by atoms with E-state index < -0.39 is 0 Å². The molecule has 0 spiro atoms. The number of aromatic nitrogens is 4. The molecule has 5 nitrogen and oxygen atoms in total. The zero-order valence-corrected chi connectivity index (χ0v) is 8.21. The summed E-state index contributed by atoms with van der Waals surface area (Å²) in [5.74, 6) is 1.33. The molecule has 2 aromatic rings. The second-order valence-electron chi connectivity index (χ2n) is 2.75. The first-order valence-corrected chi connectivity index (χ1v) is 4.40. The zero-order valence-electron chi connectivity index (χ0n) is 7.45. The van der Waals surface area contributed by atoms with Gasteiger partial charge in [-0.3, -0.25) is 5.10 Å². The number of aromatic amines is 1. The largest absolute Gasteiger partial charge is 0.323 e. The lowest BCUT2D eigenvalue weighted by molar-refractivity contribution is 1.07. The maximum absolute atomic E-state index is 5.70. The number of hydrogen-bond acceptors (Lipinski definition) is 4. The summed E-state index contributed by atoms with van der Waals surface area (Å²) in [6.45, 7) is 1.85. The van der Waals surface area contributed by atoms with E-state index in [1.54, 1.807) is 18.3 Å². The Balaban J connectivity index is 2.25. The first kappa shape index (κ1) is 8.96. The Hall–Kier alpha value is -1.62. The summed E-state index contributed by atoms with van der Waals surface area (Å²) in [7, 11) is 0. The van der Waals surface area contributed by atoms with Crippen molar-refractivity contribution in [3.63, 3.8) is 0 Å². The number of rotatable bonds is 2. The fraction of sp³-hybridized carbons (Fsp3) is 0.125. The molecule has 6 heteroatoms. The molecule has 0 saturated carbocycles. The molecule has 0 unspecified atom stereocenters. The van der Waals surface area contributed by atoms with Crippen LogP contribution in [0.5, 0.6) is 0 Å². The van der Waals surface area contributed by atoms with Crippen LogP contribution in [0.3, 0.4) is 0 Å². The van der Waals surface area contributed by atoms with E-state index in [-0.39, 0.29) is 5.28 Å². The summed E-state index contributed by atoms with van der Waals surface area (Å²) in [6, 6.07) is 3.59. The monoisotopic (exact) mass is 209 g/mol. The molecule has 0 saturated heterocycles. The van der Waals surface area contributed by atoms with Crippen molar-refractivity contribution in [2.45, 2.75) is 6.92 Å². The highest BCUT2D eigenvalue weighted by Crippen LogP contribution is 2.13. The topological polar surface area (TPSA) is 66.5 Å². The first-order chi connectivity index (χ1) is 6.74. The van der Waals surface area contributed by atoms with Crippen LogP contribution in [-0.4, -0.2) is 20.2 Å². The predicted molar refractivity (Wildman–Crippen MR) is 53.6 cm³/mol. The summed E-state index contributed by atoms with van der Waals surface area (Å²) < 4.78 is 0. The molecule has 0 fully saturated rings. The number of H-pyrrole nitrogens is 1. The summed E-state index contributed by atoms with van der Waals surface area (Å²) >= 11 is 5.70. The second-order valence-corrected chi connectivity index (χ2v) is 3.09. The van der Waals surface area contributed by atoms with Gasteiger partial charge in [0, 0.05) is 24.0 Å². The maximum Gasteiger partial charge on any atom is 0.224 e.